The van der Waals surface area contributed by atoms with E-state index in [1.165, 1.54) is 31.2 Å². The number of amides is 2. The number of hydrogen-bond acceptors (Lipinski definition) is 5. The average molecular weight is 504 g/mol. The summed E-state index contributed by atoms with van der Waals surface area (Å²) in [5, 5.41) is 6.16. The average Bonchev–Trinajstić information content (AvgIpc) is 2.85. The molecule has 0 bridgehead atoms. The Morgan fingerprint density at radius 3 is 2.31 bits per heavy atom. The summed E-state index contributed by atoms with van der Waals surface area (Å²) in [4.78, 5) is 26.7. The maximum Gasteiger partial charge on any atom is 0.314 e. The van der Waals surface area contributed by atoms with Gasteiger partial charge in [0.05, 0.1) is 0 Å². The standard InChI is InChI=1S/C14H25NO.C13H21N3O.C2H7N/c1-3-9-15-10-5-6-12-7-8-13(4-2)14(16)11-12;1-15(2)10-11-16(13(14)17)9-8-12-6-4-3-5-7-12;1-3-2/h4,12,15H,3,5-11H2,1-2H3;3-7H,8-11H2,1-2H3,(H2,14,17);3H,1-2H3/b13-4+;;/t12-;;/m0../s1. The smallest absolute Gasteiger partial charge is 0.314 e. The largest absolute Gasteiger partial charge is 0.351 e. The number of primary amides is 1. The predicted octanol–water partition coefficient (Wildman–Crippen LogP) is 4.09. The van der Waals surface area contributed by atoms with Crippen LogP contribution in [0.1, 0.15) is 57.9 Å². The number of nitrogens with two attached hydrogens (primary N) is 1. The Kier molecular flexibility index (Phi) is 20.7. The van der Waals surface area contributed by atoms with Crippen LogP contribution in [0.3, 0.4) is 0 Å². The topological polar surface area (TPSA) is 90.7 Å². The van der Waals surface area contributed by atoms with Crippen LogP contribution >= 0.6 is 0 Å². The van der Waals surface area contributed by atoms with Crippen LogP contribution in [0, 0.1) is 5.92 Å². The first kappa shape index (κ1) is 33.8. The highest BCUT2D eigenvalue weighted by Gasteiger charge is 2.22. The van der Waals surface area contributed by atoms with Crippen LogP contribution in [0.25, 0.3) is 0 Å². The molecule has 1 aromatic rings. The number of benzene rings is 1. The molecule has 7 nitrogen and oxygen atoms in total. The Balaban J connectivity index is 0.000000614. The van der Waals surface area contributed by atoms with Gasteiger partial charge in [-0.15, -0.1) is 0 Å². The molecule has 206 valence electrons. The lowest BCUT2D eigenvalue weighted by Gasteiger charge is -2.22. The number of carbonyl (C=O) groups excluding carboxylic acids is 2. The van der Waals surface area contributed by atoms with Crippen LogP contribution < -0.4 is 16.4 Å². The molecule has 0 aromatic heterocycles. The van der Waals surface area contributed by atoms with Crippen molar-refractivity contribution in [2.24, 2.45) is 11.7 Å². The molecule has 1 aliphatic carbocycles. The molecular formula is C29H53N5O2. The SMILES string of the molecule is C/C=C1\CC[C@H](CCCNCCC)CC1=O.CN(C)CCN(CCc1ccccc1)C(N)=O.CNC. The summed E-state index contributed by atoms with van der Waals surface area (Å²) in [6, 6.07) is 9.77. The lowest BCUT2D eigenvalue weighted by atomic mass is 9.82. The zero-order valence-corrected chi connectivity index (χ0v) is 23.8. The van der Waals surface area contributed by atoms with Gasteiger partial charge in [0.15, 0.2) is 5.78 Å². The number of nitrogens with one attached hydrogen (secondary N) is 2. The first-order valence-corrected chi connectivity index (χ1v) is 13.5. The van der Waals surface area contributed by atoms with E-state index in [4.69, 9.17) is 5.73 Å². The molecule has 1 atom stereocenters. The van der Waals surface area contributed by atoms with E-state index in [2.05, 4.69) is 29.7 Å². The van der Waals surface area contributed by atoms with Crippen LogP contribution in [0.4, 0.5) is 4.79 Å². The van der Waals surface area contributed by atoms with Gasteiger partial charge in [-0.25, -0.2) is 4.79 Å². The highest BCUT2D eigenvalue weighted by molar-refractivity contribution is 5.96. The Morgan fingerprint density at radius 1 is 1.11 bits per heavy atom. The van der Waals surface area contributed by atoms with Crippen LogP contribution in [-0.4, -0.2) is 82.5 Å². The Morgan fingerprint density at radius 2 is 1.78 bits per heavy atom. The van der Waals surface area contributed by atoms with Gasteiger partial charge < -0.3 is 26.2 Å². The highest BCUT2D eigenvalue weighted by Crippen LogP contribution is 2.28. The summed E-state index contributed by atoms with van der Waals surface area (Å²) in [6.07, 6.45) is 9.45. The Bertz CT molecular complexity index is 722. The third-order valence-corrected chi connectivity index (χ3v) is 6.04. The number of ketones is 1. The maximum absolute atomic E-state index is 11.7. The lowest BCUT2D eigenvalue weighted by Crippen LogP contribution is -2.41. The monoisotopic (exact) mass is 503 g/mol. The van der Waals surface area contributed by atoms with Gasteiger partial charge >= 0.3 is 6.03 Å². The normalized spacial score (nSPS) is 16.1. The number of likely N-dealkylation sites (N-methyl/N-ethyl adjacent to an activating group) is 1. The minimum atomic E-state index is -0.345. The second-order valence-electron chi connectivity index (χ2n) is 9.60. The van der Waals surface area contributed by atoms with Crippen molar-refractivity contribution in [2.45, 2.75) is 58.8 Å². The molecule has 1 saturated carbocycles. The summed E-state index contributed by atoms with van der Waals surface area (Å²) in [6.45, 7) is 8.56. The van der Waals surface area contributed by atoms with E-state index in [0.717, 1.165) is 44.5 Å². The van der Waals surface area contributed by atoms with Gasteiger partial charge in [0.25, 0.3) is 0 Å². The van der Waals surface area contributed by atoms with Gasteiger partial charge in [0.2, 0.25) is 0 Å². The molecule has 36 heavy (non-hydrogen) atoms. The van der Waals surface area contributed by atoms with Crippen molar-refractivity contribution in [3.8, 4) is 0 Å². The highest BCUT2D eigenvalue weighted by atomic mass is 16.2. The summed E-state index contributed by atoms with van der Waals surface area (Å²) in [5.74, 6) is 1.03. The van der Waals surface area contributed by atoms with Crippen LogP contribution in [-0.2, 0) is 11.2 Å². The first-order valence-electron chi connectivity index (χ1n) is 13.5. The number of allylic oxidation sites excluding steroid dienone is 2. The third kappa shape index (κ3) is 17.2. The van der Waals surface area contributed by atoms with Crippen LogP contribution in [0.2, 0.25) is 0 Å². The molecule has 4 N–H and O–H groups in total. The maximum atomic E-state index is 11.7. The van der Waals surface area contributed by atoms with E-state index in [9.17, 15) is 9.59 Å². The van der Waals surface area contributed by atoms with Crippen molar-refractivity contribution < 1.29 is 9.59 Å². The molecule has 1 aromatic carbocycles. The van der Waals surface area contributed by atoms with E-state index in [-0.39, 0.29) is 6.03 Å². The molecule has 0 unspecified atom stereocenters. The summed E-state index contributed by atoms with van der Waals surface area (Å²) in [7, 11) is 7.72. The Hall–Kier alpha value is -2.22. The van der Waals surface area contributed by atoms with Gasteiger partial charge in [0.1, 0.15) is 0 Å². The third-order valence-electron chi connectivity index (χ3n) is 6.04. The minimum absolute atomic E-state index is 0.345. The molecule has 0 heterocycles. The van der Waals surface area contributed by atoms with Gasteiger partial charge in [-0.05, 0) is 104 Å². The Labute approximate surface area is 220 Å². The molecular weight excluding hydrogens is 450 g/mol. The molecule has 1 fully saturated rings. The predicted molar refractivity (Wildman–Crippen MR) is 153 cm³/mol. The van der Waals surface area contributed by atoms with Crippen molar-refractivity contribution in [1.29, 1.82) is 0 Å². The number of Topliss-reactive ketones (excluding diaryl/α,β-unsaturated/α-hetero) is 1. The molecule has 1 aliphatic rings. The van der Waals surface area contributed by atoms with Crippen LogP contribution in [0.15, 0.2) is 42.0 Å². The van der Waals surface area contributed by atoms with Crippen molar-refractivity contribution in [1.82, 2.24) is 20.4 Å². The summed E-state index contributed by atoms with van der Waals surface area (Å²) in [5.41, 5.74) is 7.64. The number of carbonyl (C=O) groups is 2. The minimum Gasteiger partial charge on any atom is -0.351 e. The van der Waals surface area contributed by atoms with Gasteiger partial charge in [-0.2, -0.15) is 0 Å². The molecule has 2 amide bonds. The van der Waals surface area contributed by atoms with Crippen molar-refractivity contribution in [3.63, 3.8) is 0 Å². The van der Waals surface area contributed by atoms with E-state index in [1.807, 2.05) is 64.3 Å². The molecule has 2 rings (SSSR count). The lowest BCUT2D eigenvalue weighted by molar-refractivity contribution is -0.117. The number of hydrogen-bond donors (Lipinski definition) is 3. The number of urea groups is 1. The first-order chi connectivity index (χ1) is 17.3. The van der Waals surface area contributed by atoms with Crippen LogP contribution in [0.5, 0.6) is 0 Å². The fraction of sp³-hybridized carbons (Fsp3) is 0.655. The fourth-order valence-corrected chi connectivity index (χ4v) is 3.93. The van der Waals surface area contributed by atoms with Gasteiger partial charge in [0, 0.05) is 26.1 Å². The number of nitrogens with zero attached hydrogens (tertiary/aromatic N) is 2. The second-order valence-corrected chi connectivity index (χ2v) is 9.60. The number of rotatable bonds is 12. The van der Waals surface area contributed by atoms with E-state index < -0.39 is 0 Å². The van der Waals surface area contributed by atoms with Crippen molar-refractivity contribution >= 4 is 11.8 Å². The van der Waals surface area contributed by atoms with Crippen molar-refractivity contribution in [2.75, 3.05) is 60.9 Å². The quantitative estimate of drug-likeness (QED) is 0.295. The zero-order valence-electron chi connectivity index (χ0n) is 23.8. The second kappa shape index (κ2) is 22.0. The molecule has 0 aliphatic heterocycles. The van der Waals surface area contributed by atoms with Crippen molar-refractivity contribution in [3.05, 3.63) is 47.5 Å². The van der Waals surface area contributed by atoms with E-state index in [1.54, 1.807) is 4.90 Å². The van der Waals surface area contributed by atoms with Gasteiger partial charge in [-0.1, -0.05) is 43.3 Å². The molecule has 0 saturated heterocycles. The zero-order chi connectivity index (χ0) is 27.2. The fourth-order valence-electron chi connectivity index (χ4n) is 3.93. The molecule has 0 spiro atoms. The van der Waals surface area contributed by atoms with E-state index >= 15 is 0 Å². The summed E-state index contributed by atoms with van der Waals surface area (Å²) >= 11 is 0. The molecule has 7 heteroatoms. The summed E-state index contributed by atoms with van der Waals surface area (Å²) < 4.78 is 0. The van der Waals surface area contributed by atoms with Gasteiger partial charge in [-0.3, -0.25) is 4.79 Å². The van der Waals surface area contributed by atoms with E-state index in [0.29, 0.717) is 24.8 Å². The molecule has 0 radical (unpaired) electrons.